The lowest BCUT2D eigenvalue weighted by molar-refractivity contribution is 0.276. The van der Waals surface area contributed by atoms with Gasteiger partial charge in [0.05, 0.1) is 12.3 Å². The normalized spacial score (nSPS) is 19.9. The van der Waals surface area contributed by atoms with Gasteiger partial charge >= 0.3 is 0 Å². The predicted octanol–water partition coefficient (Wildman–Crippen LogP) is 0.842. The highest BCUT2D eigenvalue weighted by Gasteiger charge is 2.24. The van der Waals surface area contributed by atoms with Crippen LogP contribution in [0.1, 0.15) is 13.8 Å². The predicted molar refractivity (Wildman–Crippen MR) is 82.7 cm³/mol. The molecule has 0 bridgehead atoms. The molecule has 0 spiro atoms. The number of nitrogens with one attached hydrogen (secondary N) is 1. The molecule has 6 nitrogen and oxygen atoms in total. The number of amidine groups is 1. The first-order chi connectivity index (χ1) is 9.69. The maximum Gasteiger partial charge on any atom is 0.167 e. The third-order valence-corrected chi connectivity index (χ3v) is 3.34. The number of nitrogens with zero attached hydrogens (tertiary/aromatic N) is 3. The van der Waals surface area contributed by atoms with E-state index < -0.39 is 0 Å². The Kier molecular flexibility index (Phi) is 4.57. The summed E-state index contributed by atoms with van der Waals surface area (Å²) in [6, 6.07) is 7.64. The minimum Gasteiger partial charge on any atom is -0.394 e. The van der Waals surface area contributed by atoms with Gasteiger partial charge in [-0.1, -0.05) is 0 Å². The summed E-state index contributed by atoms with van der Waals surface area (Å²) in [5.41, 5.74) is 11.1. The van der Waals surface area contributed by atoms with Crippen molar-refractivity contribution in [2.45, 2.75) is 19.9 Å². The fourth-order valence-electron chi connectivity index (χ4n) is 2.17. The monoisotopic (exact) mass is 275 g/mol. The van der Waals surface area contributed by atoms with Crippen LogP contribution in [0, 0.1) is 0 Å². The summed E-state index contributed by atoms with van der Waals surface area (Å²) in [7, 11) is 0. The van der Waals surface area contributed by atoms with Gasteiger partial charge in [0.2, 0.25) is 0 Å². The smallest absolute Gasteiger partial charge is 0.167 e. The lowest BCUT2D eigenvalue weighted by Crippen LogP contribution is -2.35. The summed E-state index contributed by atoms with van der Waals surface area (Å²) in [4.78, 5) is 6.73. The Morgan fingerprint density at radius 1 is 1.30 bits per heavy atom. The number of aliphatic imine (C=N–C) groups is 1. The number of hydrogen-bond donors (Lipinski definition) is 3. The molecule has 0 saturated carbocycles. The molecule has 0 radical (unpaired) electrons. The Hall–Kier alpha value is -2.08. The SMILES string of the molecule is CCN(CC)c1ccc(N=C2C(N)=NNC2CO)cc1. The maximum atomic E-state index is 9.23. The fourth-order valence-corrected chi connectivity index (χ4v) is 2.17. The van der Waals surface area contributed by atoms with Crippen molar-refractivity contribution in [1.82, 2.24) is 5.43 Å². The molecule has 1 heterocycles. The zero-order valence-electron chi connectivity index (χ0n) is 11.9. The molecule has 1 atom stereocenters. The van der Waals surface area contributed by atoms with E-state index in [9.17, 15) is 5.11 Å². The van der Waals surface area contributed by atoms with Crippen molar-refractivity contribution < 1.29 is 5.11 Å². The van der Waals surface area contributed by atoms with Crippen molar-refractivity contribution >= 4 is 22.9 Å². The average molecular weight is 275 g/mol. The van der Waals surface area contributed by atoms with Gasteiger partial charge in [0.1, 0.15) is 11.8 Å². The molecule has 108 valence electrons. The number of hydrogen-bond acceptors (Lipinski definition) is 6. The number of aliphatic hydroxyl groups is 1. The van der Waals surface area contributed by atoms with Crippen molar-refractivity contribution in [3.8, 4) is 0 Å². The molecule has 2 rings (SSSR count). The molecule has 20 heavy (non-hydrogen) atoms. The van der Waals surface area contributed by atoms with E-state index in [1.165, 1.54) is 5.69 Å². The van der Waals surface area contributed by atoms with Crippen molar-refractivity contribution in [3.05, 3.63) is 24.3 Å². The van der Waals surface area contributed by atoms with Crippen molar-refractivity contribution in [2.24, 2.45) is 15.8 Å². The van der Waals surface area contributed by atoms with E-state index in [2.05, 4.69) is 34.3 Å². The molecule has 6 heteroatoms. The first kappa shape index (κ1) is 14.3. The Morgan fingerprint density at radius 3 is 2.50 bits per heavy atom. The molecule has 4 N–H and O–H groups in total. The van der Waals surface area contributed by atoms with Crippen molar-refractivity contribution in [1.29, 1.82) is 0 Å². The Morgan fingerprint density at radius 2 is 1.95 bits per heavy atom. The van der Waals surface area contributed by atoms with Gasteiger partial charge in [0, 0.05) is 18.8 Å². The summed E-state index contributed by atoms with van der Waals surface area (Å²) in [6.45, 7) is 6.12. The Labute approximate surface area is 119 Å². The van der Waals surface area contributed by atoms with Crippen LogP contribution in [0.15, 0.2) is 34.4 Å². The van der Waals surface area contributed by atoms with Crippen LogP contribution in [0.2, 0.25) is 0 Å². The van der Waals surface area contributed by atoms with Crippen LogP contribution in [0.4, 0.5) is 11.4 Å². The first-order valence-electron chi connectivity index (χ1n) is 6.83. The van der Waals surface area contributed by atoms with E-state index in [0.29, 0.717) is 11.5 Å². The average Bonchev–Trinajstić information content (AvgIpc) is 2.83. The zero-order valence-corrected chi connectivity index (χ0v) is 11.9. The molecule has 1 aromatic rings. The number of rotatable bonds is 5. The van der Waals surface area contributed by atoms with Crippen LogP contribution in [-0.2, 0) is 0 Å². The number of nitrogens with two attached hydrogens (primary N) is 1. The number of aliphatic hydroxyl groups excluding tert-OH is 1. The van der Waals surface area contributed by atoms with Crippen molar-refractivity contribution in [2.75, 3.05) is 24.6 Å². The van der Waals surface area contributed by atoms with E-state index >= 15 is 0 Å². The van der Waals surface area contributed by atoms with Crippen molar-refractivity contribution in [3.63, 3.8) is 0 Å². The number of anilines is 1. The summed E-state index contributed by atoms with van der Waals surface area (Å²) < 4.78 is 0. The zero-order chi connectivity index (χ0) is 14.5. The standard InChI is InChI=1S/C14H21N5O/c1-3-19(4-2)11-7-5-10(6-8-11)16-13-12(9-20)17-18-14(13)15/h5-8,12,17,20H,3-4,9H2,1-2H3,(H2,15,18). The second-order valence-electron chi connectivity index (χ2n) is 4.55. The van der Waals surface area contributed by atoms with Gasteiger partial charge in [0.15, 0.2) is 5.84 Å². The van der Waals surface area contributed by atoms with Gasteiger partial charge in [-0.2, -0.15) is 5.10 Å². The van der Waals surface area contributed by atoms with E-state index in [0.717, 1.165) is 18.8 Å². The maximum absolute atomic E-state index is 9.23. The molecule has 0 saturated heterocycles. The second kappa shape index (κ2) is 6.38. The van der Waals surface area contributed by atoms with E-state index in [1.807, 2.05) is 24.3 Å². The quantitative estimate of drug-likeness (QED) is 0.743. The topological polar surface area (TPSA) is 86.2 Å². The van der Waals surface area contributed by atoms with Gasteiger partial charge < -0.3 is 15.7 Å². The van der Waals surface area contributed by atoms with Crippen LogP contribution in [-0.4, -0.2) is 42.4 Å². The highest BCUT2D eigenvalue weighted by molar-refractivity contribution is 6.44. The minimum atomic E-state index is -0.322. The first-order valence-corrected chi connectivity index (χ1v) is 6.83. The van der Waals surface area contributed by atoms with Gasteiger partial charge in [-0.25, -0.2) is 4.99 Å². The Bertz CT molecular complexity index is 505. The van der Waals surface area contributed by atoms with E-state index in [1.54, 1.807) is 0 Å². The van der Waals surface area contributed by atoms with Crippen LogP contribution >= 0.6 is 0 Å². The molecule has 1 aromatic carbocycles. The molecule has 1 unspecified atom stereocenters. The van der Waals surface area contributed by atoms with Gasteiger partial charge in [-0.3, -0.25) is 5.43 Å². The van der Waals surface area contributed by atoms with Crippen LogP contribution < -0.4 is 16.1 Å². The van der Waals surface area contributed by atoms with Gasteiger partial charge in [-0.05, 0) is 38.1 Å². The molecule has 1 aliphatic rings. The third kappa shape index (κ3) is 2.91. The molecular formula is C14H21N5O. The number of hydrazone groups is 1. The highest BCUT2D eigenvalue weighted by Crippen LogP contribution is 2.20. The molecule has 1 aliphatic heterocycles. The van der Waals surface area contributed by atoms with Crippen LogP contribution in [0.5, 0.6) is 0 Å². The molecule has 0 fully saturated rings. The largest absolute Gasteiger partial charge is 0.394 e. The molecule has 0 aromatic heterocycles. The summed E-state index contributed by atoms with van der Waals surface area (Å²) in [6.07, 6.45) is 0. The lowest BCUT2D eigenvalue weighted by atomic mass is 10.2. The van der Waals surface area contributed by atoms with E-state index in [-0.39, 0.29) is 12.6 Å². The van der Waals surface area contributed by atoms with Crippen LogP contribution in [0.3, 0.4) is 0 Å². The minimum absolute atomic E-state index is 0.0828. The number of benzene rings is 1. The highest BCUT2D eigenvalue weighted by atomic mass is 16.3. The summed E-state index contributed by atoms with van der Waals surface area (Å²) >= 11 is 0. The summed E-state index contributed by atoms with van der Waals surface area (Å²) in [5, 5.41) is 13.1. The fraction of sp³-hybridized carbons (Fsp3) is 0.429. The Balaban J connectivity index is 2.20. The van der Waals surface area contributed by atoms with Gasteiger partial charge in [0.25, 0.3) is 0 Å². The molecular weight excluding hydrogens is 254 g/mol. The third-order valence-electron chi connectivity index (χ3n) is 3.34. The lowest BCUT2D eigenvalue weighted by Gasteiger charge is -2.20. The summed E-state index contributed by atoms with van der Waals surface area (Å²) in [5.74, 6) is 0.330. The molecule has 0 amide bonds. The molecule has 0 aliphatic carbocycles. The second-order valence-corrected chi connectivity index (χ2v) is 4.55. The van der Waals surface area contributed by atoms with Crippen LogP contribution in [0.25, 0.3) is 0 Å². The van der Waals surface area contributed by atoms with E-state index in [4.69, 9.17) is 5.73 Å². The van der Waals surface area contributed by atoms with Gasteiger partial charge in [-0.15, -0.1) is 0 Å².